The van der Waals surface area contributed by atoms with Gasteiger partial charge in [0, 0.05) is 12.6 Å². The second-order valence-electron chi connectivity index (χ2n) is 5.72. The Morgan fingerprint density at radius 1 is 1.12 bits per heavy atom. The van der Waals surface area contributed by atoms with E-state index in [1.54, 1.807) is 0 Å². The van der Waals surface area contributed by atoms with E-state index in [0.29, 0.717) is 0 Å². The minimum absolute atomic E-state index is 0.785. The number of hydrogen-bond acceptors (Lipinski definition) is 2. The Labute approximate surface area is 108 Å². The van der Waals surface area contributed by atoms with Crippen LogP contribution in [0.15, 0.2) is 0 Å². The molecule has 0 aromatic heterocycles. The van der Waals surface area contributed by atoms with Gasteiger partial charge >= 0.3 is 0 Å². The van der Waals surface area contributed by atoms with Gasteiger partial charge in [-0.1, -0.05) is 33.1 Å². The Balaban J connectivity index is 2.30. The molecule has 1 rings (SSSR count). The molecule has 102 valence electrons. The zero-order valence-electron chi connectivity index (χ0n) is 12.2. The highest BCUT2D eigenvalue weighted by Crippen LogP contribution is 2.25. The lowest BCUT2D eigenvalue weighted by Gasteiger charge is -2.35. The summed E-state index contributed by atoms with van der Waals surface area (Å²) in [5.74, 6) is 0.886. The van der Waals surface area contributed by atoms with Crippen LogP contribution in [-0.4, -0.2) is 37.6 Å². The first-order valence-electron chi connectivity index (χ1n) is 7.69. The van der Waals surface area contributed by atoms with Gasteiger partial charge in [0.2, 0.25) is 0 Å². The molecule has 1 N–H and O–H groups in total. The van der Waals surface area contributed by atoms with Crippen molar-refractivity contribution in [1.82, 2.24) is 10.2 Å². The summed E-state index contributed by atoms with van der Waals surface area (Å²) in [7, 11) is 2.29. The summed E-state index contributed by atoms with van der Waals surface area (Å²) in [4.78, 5) is 2.54. The maximum atomic E-state index is 3.76. The third-order valence-corrected chi connectivity index (χ3v) is 4.01. The van der Waals surface area contributed by atoms with E-state index in [4.69, 9.17) is 0 Å². The van der Waals surface area contributed by atoms with Gasteiger partial charge in [-0.3, -0.25) is 0 Å². The molecule has 17 heavy (non-hydrogen) atoms. The van der Waals surface area contributed by atoms with Crippen LogP contribution in [0.25, 0.3) is 0 Å². The Morgan fingerprint density at radius 3 is 2.59 bits per heavy atom. The van der Waals surface area contributed by atoms with Gasteiger partial charge in [-0.2, -0.15) is 0 Å². The number of unbranched alkanes of at least 4 members (excludes halogenated alkanes) is 1. The second kappa shape index (κ2) is 8.93. The lowest BCUT2D eigenvalue weighted by Crippen LogP contribution is -2.43. The fourth-order valence-electron chi connectivity index (χ4n) is 2.94. The van der Waals surface area contributed by atoms with E-state index in [9.17, 15) is 0 Å². The van der Waals surface area contributed by atoms with Gasteiger partial charge in [-0.25, -0.2) is 0 Å². The molecular weight excluding hydrogens is 208 g/mol. The van der Waals surface area contributed by atoms with E-state index < -0.39 is 0 Å². The van der Waals surface area contributed by atoms with Crippen molar-refractivity contribution in [2.24, 2.45) is 5.92 Å². The average Bonchev–Trinajstić information content (AvgIpc) is 2.35. The van der Waals surface area contributed by atoms with Crippen molar-refractivity contribution < 1.29 is 0 Å². The first-order valence-corrected chi connectivity index (χ1v) is 7.69. The molecule has 0 amide bonds. The van der Waals surface area contributed by atoms with Crippen molar-refractivity contribution in [2.75, 3.05) is 26.7 Å². The van der Waals surface area contributed by atoms with E-state index in [1.807, 2.05) is 0 Å². The Morgan fingerprint density at radius 2 is 1.88 bits per heavy atom. The summed E-state index contributed by atoms with van der Waals surface area (Å²) in [6.45, 7) is 8.30. The van der Waals surface area contributed by atoms with Crippen LogP contribution in [-0.2, 0) is 0 Å². The summed E-state index contributed by atoms with van der Waals surface area (Å²) in [6.07, 6.45) is 9.61. The molecule has 2 heteroatoms. The molecule has 0 spiro atoms. The molecule has 0 saturated heterocycles. The van der Waals surface area contributed by atoms with E-state index in [2.05, 4.69) is 31.1 Å². The van der Waals surface area contributed by atoms with Crippen molar-refractivity contribution in [2.45, 2.75) is 64.8 Å². The van der Waals surface area contributed by atoms with Gasteiger partial charge in [-0.15, -0.1) is 0 Å². The van der Waals surface area contributed by atoms with Gasteiger partial charge < -0.3 is 10.2 Å². The third-order valence-electron chi connectivity index (χ3n) is 4.01. The van der Waals surface area contributed by atoms with Gasteiger partial charge in [0.05, 0.1) is 0 Å². The SMILES string of the molecule is CCCCN(C)CC1CCCCC1NCCC. The molecule has 2 atom stereocenters. The minimum Gasteiger partial charge on any atom is -0.314 e. The van der Waals surface area contributed by atoms with Crippen LogP contribution >= 0.6 is 0 Å². The highest BCUT2D eigenvalue weighted by atomic mass is 15.1. The molecule has 0 radical (unpaired) electrons. The molecule has 0 aliphatic heterocycles. The van der Waals surface area contributed by atoms with Crippen LogP contribution in [0.2, 0.25) is 0 Å². The molecule has 0 aromatic carbocycles. The first-order chi connectivity index (χ1) is 8.27. The topological polar surface area (TPSA) is 15.3 Å². The molecule has 1 aliphatic rings. The predicted octanol–water partition coefficient (Wildman–Crippen LogP) is 3.28. The Bertz CT molecular complexity index is 182. The Hall–Kier alpha value is -0.0800. The summed E-state index contributed by atoms with van der Waals surface area (Å²) in [5, 5.41) is 3.76. The first kappa shape index (κ1) is 15.0. The fourth-order valence-corrected chi connectivity index (χ4v) is 2.94. The molecule has 2 unspecified atom stereocenters. The molecular formula is C15H32N2. The summed E-state index contributed by atoms with van der Waals surface area (Å²) < 4.78 is 0. The molecule has 1 aliphatic carbocycles. The van der Waals surface area contributed by atoms with Crippen LogP contribution in [0.1, 0.15) is 58.8 Å². The standard InChI is InChI=1S/C15H32N2/c1-4-6-12-17(3)13-14-9-7-8-10-15(14)16-11-5-2/h14-16H,4-13H2,1-3H3. The van der Waals surface area contributed by atoms with Crippen LogP contribution in [0.5, 0.6) is 0 Å². The quantitative estimate of drug-likeness (QED) is 0.700. The second-order valence-corrected chi connectivity index (χ2v) is 5.72. The van der Waals surface area contributed by atoms with Crippen LogP contribution in [0.4, 0.5) is 0 Å². The zero-order valence-corrected chi connectivity index (χ0v) is 12.2. The summed E-state index contributed by atoms with van der Waals surface area (Å²) >= 11 is 0. The van der Waals surface area contributed by atoms with Crippen molar-refractivity contribution >= 4 is 0 Å². The number of nitrogens with one attached hydrogen (secondary N) is 1. The highest BCUT2D eigenvalue weighted by Gasteiger charge is 2.25. The van der Waals surface area contributed by atoms with E-state index in [1.165, 1.54) is 64.6 Å². The number of nitrogens with zero attached hydrogens (tertiary/aromatic N) is 1. The lowest BCUT2D eigenvalue weighted by molar-refractivity contribution is 0.188. The summed E-state index contributed by atoms with van der Waals surface area (Å²) in [5.41, 5.74) is 0. The van der Waals surface area contributed by atoms with E-state index in [0.717, 1.165) is 12.0 Å². The zero-order chi connectivity index (χ0) is 12.5. The van der Waals surface area contributed by atoms with E-state index >= 15 is 0 Å². The predicted molar refractivity (Wildman–Crippen MR) is 76.4 cm³/mol. The van der Waals surface area contributed by atoms with Crippen molar-refractivity contribution in [3.63, 3.8) is 0 Å². The fraction of sp³-hybridized carbons (Fsp3) is 1.00. The Kier molecular flexibility index (Phi) is 7.87. The maximum absolute atomic E-state index is 3.76. The van der Waals surface area contributed by atoms with Gasteiger partial charge in [0.25, 0.3) is 0 Å². The normalized spacial score (nSPS) is 25.4. The third kappa shape index (κ3) is 5.87. The molecule has 2 nitrogen and oxygen atoms in total. The van der Waals surface area contributed by atoms with Gasteiger partial charge in [0.1, 0.15) is 0 Å². The van der Waals surface area contributed by atoms with Crippen LogP contribution in [0, 0.1) is 5.92 Å². The van der Waals surface area contributed by atoms with Crippen LogP contribution < -0.4 is 5.32 Å². The van der Waals surface area contributed by atoms with E-state index in [-0.39, 0.29) is 0 Å². The highest BCUT2D eigenvalue weighted by molar-refractivity contribution is 4.82. The molecule has 1 fully saturated rings. The van der Waals surface area contributed by atoms with Gasteiger partial charge in [-0.05, 0) is 51.7 Å². The molecule has 0 aromatic rings. The maximum Gasteiger partial charge on any atom is 0.0107 e. The van der Waals surface area contributed by atoms with Crippen LogP contribution in [0.3, 0.4) is 0 Å². The van der Waals surface area contributed by atoms with Gasteiger partial charge in [0.15, 0.2) is 0 Å². The largest absolute Gasteiger partial charge is 0.314 e. The van der Waals surface area contributed by atoms with Crippen molar-refractivity contribution in [1.29, 1.82) is 0 Å². The molecule has 0 heterocycles. The molecule has 0 bridgehead atoms. The number of hydrogen-bond donors (Lipinski definition) is 1. The summed E-state index contributed by atoms with van der Waals surface area (Å²) in [6, 6.07) is 0.785. The smallest absolute Gasteiger partial charge is 0.0107 e. The minimum atomic E-state index is 0.785. The number of rotatable bonds is 8. The monoisotopic (exact) mass is 240 g/mol. The average molecular weight is 240 g/mol. The van der Waals surface area contributed by atoms with Crippen molar-refractivity contribution in [3.8, 4) is 0 Å². The lowest BCUT2D eigenvalue weighted by atomic mass is 9.84. The molecule has 1 saturated carbocycles. The van der Waals surface area contributed by atoms with Crippen molar-refractivity contribution in [3.05, 3.63) is 0 Å².